The van der Waals surface area contributed by atoms with Crippen LogP contribution in [0.3, 0.4) is 0 Å². The van der Waals surface area contributed by atoms with Crippen LogP contribution in [-0.4, -0.2) is 6.54 Å². The summed E-state index contributed by atoms with van der Waals surface area (Å²) < 4.78 is 13.3. The molecular formula is C12H15FN2. The van der Waals surface area contributed by atoms with Gasteiger partial charge in [-0.2, -0.15) is 5.26 Å². The minimum atomic E-state index is -0.183. The zero-order chi connectivity index (χ0) is 11.1. The molecule has 0 aliphatic heterocycles. The summed E-state index contributed by atoms with van der Waals surface area (Å²) in [4.78, 5) is 0. The summed E-state index contributed by atoms with van der Waals surface area (Å²) in [6.45, 7) is 2.66. The highest BCUT2D eigenvalue weighted by atomic mass is 19.1. The minimum absolute atomic E-state index is 0.00936. The lowest BCUT2D eigenvalue weighted by molar-refractivity contribution is 0.523. The number of nitriles is 1. The summed E-state index contributed by atoms with van der Waals surface area (Å²) in [6.07, 6.45) is 1.34. The van der Waals surface area contributed by atoms with E-state index < -0.39 is 0 Å². The molecule has 2 nitrogen and oxygen atoms in total. The van der Waals surface area contributed by atoms with Gasteiger partial charge in [0.25, 0.3) is 0 Å². The first kappa shape index (κ1) is 11.7. The molecule has 0 fully saturated rings. The van der Waals surface area contributed by atoms with Gasteiger partial charge in [-0.3, -0.25) is 0 Å². The first-order valence-electron chi connectivity index (χ1n) is 5.10. The van der Waals surface area contributed by atoms with E-state index in [1.807, 2.05) is 13.0 Å². The van der Waals surface area contributed by atoms with Crippen molar-refractivity contribution in [3.63, 3.8) is 0 Å². The summed E-state index contributed by atoms with van der Waals surface area (Å²) in [5.74, 6) is -0.183. The maximum atomic E-state index is 13.3. The Hall–Kier alpha value is -1.40. The summed E-state index contributed by atoms with van der Waals surface area (Å²) >= 11 is 0. The quantitative estimate of drug-likeness (QED) is 0.752. The van der Waals surface area contributed by atoms with Crippen molar-refractivity contribution in [1.29, 1.82) is 5.26 Å². The number of hydrogen-bond donors (Lipinski definition) is 1. The third-order valence-electron chi connectivity index (χ3n) is 2.29. The smallest absolute Gasteiger partial charge is 0.127 e. The van der Waals surface area contributed by atoms with Crippen molar-refractivity contribution < 1.29 is 4.39 Å². The van der Waals surface area contributed by atoms with Gasteiger partial charge in [0, 0.05) is 18.0 Å². The molecule has 15 heavy (non-hydrogen) atoms. The zero-order valence-corrected chi connectivity index (χ0v) is 8.83. The Balaban J connectivity index is 2.44. The van der Waals surface area contributed by atoms with Gasteiger partial charge in [-0.1, -0.05) is 18.2 Å². The molecule has 1 unspecified atom stereocenters. The Bertz CT molecular complexity index is 344. The van der Waals surface area contributed by atoms with E-state index in [0.717, 1.165) is 13.0 Å². The zero-order valence-electron chi connectivity index (χ0n) is 8.83. The summed E-state index contributed by atoms with van der Waals surface area (Å²) in [7, 11) is 0. The van der Waals surface area contributed by atoms with Crippen molar-refractivity contribution in [2.45, 2.75) is 25.8 Å². The first-order valence-corrected chi connectivity index (χ1v) is 5.10. The van der Waals surface area contributed by atoms with Crippen LogP contribution in [0.15, 0.2) is 24.3 Å². The van der Waals surface area contributed by atoms with Crippen molar-refractivity contribution in [3.05, 3.63) is 35.6 Å². The molecule has 0 aliphatic rings. The monoisotopic (exact) mass is 206 g/mol. The fourth-order valence-corrected chi connectivity index (χ4v) is 1.42. The number of unbranched alkanes of at least 4 members (excludes halogenated alkanes) is 1. The first-order chi connectivity index (χ1) is 7.25. The Morgan fingerprint density at radius 1 is 1.47 bits per heavy atom. The second kappa shape index (κ2) is 6.15. The third-order valence-corrected chi connectivity index (χ3v) is 2.29. The van der Waals surface area contributed by atoms with Gasteiger partial charge < -0.3 is 5.32 Å². The molecule has 0 heterocycles. The maximum Gasteiger partial charge on any atom is 0.127 e. The van der Waals surface area contributed by atoms with E-state index in [0.29, 0.717) is 12.0 Å². The van der Waals surface area contributed by atoms with Crippen LogP contribution in [0.25, 0.3) is 0 Å². The van der Waals surface area contributed by atoms with E-state index in [-0.39, 0.29) is 11.9 Å². The average molecular weight is 206 g/mol. The number of hydrogen-bond acceptors (Lipinski definition) is 2. The molecule has 0 amide bonds. The minimum Gasteiger partial charge on any atom is -0.310 e. The van der Waals surface area contributed by atoms with Crippen LogP contribution in [-0.2, 0) is 0 Å². The summed E-state index contributed by atoms with van der Waals surface area (Å²) in [5.41, 5.74) is 0.675. The van der Waals surface area contributed by atoms with Crippen LogP contribution in [0.4, 0.5) is 4.39 Å². The van der Waals surface area contributed by atoms with Crippen LogP contribution < -0.4 is 5.32 Å². The highest BCUT2D eigenvalue weighted by Gasteiger charge is 2.08. The Morgan fingerprint density at radius 2 is 2.20 bits per heavy atom. The van der Waals surface area contributed by atoms with Crippen LogP contribution >= 0.6 is 0 Å². The van der Waals surface area contributed by atoms with Crippen molar-refractivity contribution in [2.75, 3.05) is 6.54 Å². The Kier molecular flexibility index (Phi) is 4.79. The highest BCUT2D eigenvalue weighted by Crippen LogP contribution is 2.15. The Morgan fingerprint density at radius 3 is 2.87 bits per heavy atom. The molecule has 1 atom stereocenters. The fourth-order valence-electron chi connectivity index (χ4n) is 1.42. The number of rotatable bonds is 5. The van der Waals surface area contributed by atoms with Crippen molar-refractivity contribution >= 4 is 0 Å². The van der Waals surface area contributed by atoms with E-state index in [2.05, 4.69) is 11.4 Å². The van der Waals surface area contributed by atoms with E-state index >= 15 is 0 Å². The van der Waals surface area contributed by atoms with E-state index in [1.165, 1.54) is 6.07 Å². The SMILES string of the molecule is CC(NCCCC#N)c1ccccc1F. The molecule has 0 radical (unpaired) electrons. The predicted molar refractivity (Wildman–Crippen MR) is 57.7 cm³/mol. The molecule has 3 heteroatoms. The molecule has 80 valence electrons. The topological polar surface area (TPSA) is 35.8 Å². The van der Waals surface area contributed by atoms with Crippen molar-refractivity contribution in [2.24, 2.45) is 0 Å². The van der Waals surface area contributed by atoms with Crippen LogP contribution in [0.2, 0.25) is 0 Å². The fraction of sp³-hybridized carbons (Fsp3) is 0.417. The normalized spacial score (nSPS) is 12.1. The average Bonchev–Trinajstić information content (AvgIpc) is 2.25. The predicted octanol–water partition coefficient (Wildman–Crippen LogP) is 2.78. The number of benzene rings is 1. The van der Waals surface area contributed by atoms with Gasteiger partial charge in [0.2, 0.25) is 0 Å². The molecule has 1 aromatic carbocycles. The molecule has 1 aromatic rings. The summed E-state index contributed by atoms with van der Waals surface area (Å²) in [5, 5.41) is 11.5. The van der Waals surface area contributed by atoms with Gasteiger partial charge in [-0.15, -0.1) is 0 Å². The number of halogens is 1. The van der Waals surface area contributed by atoms with Gasteiger partial charge in [0.1, 0.15) is 5.82 Å². The molecule has 0 bridgehead atoms. The van der Waals surface area contributed by atoms with Gasteiger partial charge in [0.15, 0.2) is 0 Å². The highest BCUT2D eigenvalue weighted by molar-refractivity contribution is 5.20. The maximum absolute atomic E-state index is 13.3. The van der Waals surface area contributed by atoms with Crippen LogP contribution in [0.5, 0.6) is 0 Å². The van der Waals surface area contributed by atoms with E-state index in [9.17, 15) is 4.39 Å². The summed E-state index contributed by atoms with van der Waals surface area (Å²) in [6, 6.07) is 8.81. The van der Waals surface area contributed by atoms with Gasteiger partial charge in [-0.25, -0.2) is 4.39 Å². The lowest BCUT2D eigenvalue weighted by atomic mass is 10.1. The molecule has 1 N–H and O–H groups in total. The largest absolute Gasteiger partial charge is 0.310 e. The molecule has 1 rings (SSSR count). The number of nitrogens with zero attached hydrogens (tertiary/aromatic N) is 1. The van der Waals surface area contributed by atoms with Crippen LogP contribution in [0.1, 0.15) is 31.4 Å². The molecule has 0 saturated heterocycles. The molecule has 0 aromatic heterocycles. The second-order valence-corrected chi connectivity index (χ2v) is 3.46. The van der Waals surface area contributed by atoms with Crippen molar-refractivity contribution in [1.82, 2.24) is 5.32 Å². The van der Waals surface area contributed by atoms with Crippen LogP contribution in [0, 0.1) is 17.1 Å². The Labute approximate surface area is 89.7 Å². The number of nitrogens with one attached hydrogen (secondary N) is 1. The third kappa shape index (κ3) is 3.69. The van der Waals surface area contributed by atoms with E-state index in [1.54, 1.807) is 12.1 Å². The lowest BCUT2D eigenvalue weighted by Crippen LogP contribution is -2.20. The van der Waals surface area contributed by atoms with Gasteiger partial charge in [0.05, 0.1) is 6.07 Å². The second-order valence-electron chi connectivity index (χ2n) is 3.46. The molecule has 0 spiro atoms. The molecular weight excluding hydrogens is 191 g/mol. The van der Waals surface area contributed by atoms with Gasteiger partial charge in [-0.05, 0) is 26.0 Å². The van der Waals surface area contributed by atoms with Gasteiger partial charge >= 0.3 is 0 Å². The molecule has 0 aliphatic carbocycles. The van der Waals surface area contributed by atoms with Crippen molar-refractivity contribution in [3.8, 4) is 6.07 Å². The standard InChI is InChI=1S/C12H15FN2/c1-10(15-9-5-4-8-14)11-6-2-3-7-12(11)13/h2-3,6-7,10,15H,4-5,9H2,1H3. The van der Waals surface area contributed by atoms with E-state index in [4.69, 9.17) is 5.26 Å². The lowest BCUT2D eigenvalue weighted by Gasteiger charge is -2.14. The molecule has 0 saturated carbocycles.